The third-order valence-corrected chi connectivity index (χ3v) is 8.27. The van der Waals surface area contributed by atoms with Crippen molar-refractivity contribution >= 4 is 17.5 Å². The van der Waals surface area contributed by atoms with Gasteiger partial charge in [-0.1, -0.05) is 19.1 Å². The van der Waals surface area contributed by atoms with E-state index in [0.717, 1.165) is 19.0 Å². The molecule has 114 valence electrons. The van der Waals surface area contributed by atoms with E-state index in [1.807, 2.05) is 0 Å². The van der Waals surface area contributed by atoms with Crippen LogP contribution < -0.4 is 5.32 Å². The molecule has 0 aromatic heterocycles. The van der Waals surface area contributed by atoms with Crippen LogP contribution in [-0.2, 0) is 4.79 Å². The van der Waals surface area contributed by atoms with E-state index in [9.17, 15) is 4.79 Å². The summed E-state index contributed by atoms with van der Waals surface area (Å²) in [5.41, 5.74) is 1.12. The fourth-order valence-electron chi connectivity index (χ4n) is 7.79. The van der Waals surface area contributed by atoms with Crippen molar-refractivity contribution < 1.29 is 4.79 Å². The largest absolute Gasteiger partial charge is 0.323 e. The Morgan fingerprint density at radius 2 is 2.19 bits per heavy atom. The molecule has 1 heterocycles. The van der Waals surface area contributed by atoms with Gasteiger partial charge in [-0.05, 0) is 43.6 Å². The fraction of sp³-hybridized carbons (Fsp3) is 0.824. The Balaban J connectivity index is 1.82. The van der Waals surface area contributed by atoms with Crippen LogP contribution in [0.4, 0.5) is 0 Å². The summed E-state index contributed by atoms with van der Waals surface area (Å²) in [5, 5.41) is 3.78. The topological polar surface area (TPSA) is 32.3 Å². The Labute approximate surface area is 131 Å². The third-order valence-electron chi connectivity index (χ3n) is 7.83. The van der Waals surface area contributed by atoms with Gasteiger partial charge in [-0.2, -0.15) is 0 Å². The van der Waals surface area contributed by atoms with Gasteiger partial charge in [0.2, 0.25) is 5.91 Å². The summed E-state index contributed by atoms with van der Waals surface area (Å²) in [5.74, 6) is 4.06. The van der Waals surface area contributed by atoms with E-state index >= 15 is 0 Å². The third kappa shape index (κ3) is 0.894. The van der Waals surface area contributed by atoms with Crippen LogP contribution in [0.15, 0.2) is 12.2 Å². The fourth-order valence-corrected chi connectivity index (χ4v) is 8.36. The van der Waals surface area contributed by atoms with Gasteiger partial charge in [-0.25, -0.2) is 0 Å². The number of amides is 1. The first-order valence-corrected chi connectivity index (χ1v) is 8.96. The van der Waals surface area contributed by atoms with E-state index in [1.54, 1.807) is 0 Å². The Morgan fingerprint density at radius 3 is 2.81 bits per heavy atom. The molecule has 1 aliphatic heterocycles. The van der Waals surface area contributed by atoms with Crippen LogP contribution in [-0.4, -0.2) is 35.4 Å². The van der Waals surface area contributed by atoms with Crippen molar-refractivity contribution in [2.75, 3.05) is 19.0 Å². The maximum atomic E-state index is 13.2. The van der Waals surface area contributed by atoms with Crippen LogP contribution in [0.5, 0.6) is 0 Å². The van der Waals surface area contributed by atoms with Gasteiger partial charge in [-0.3, -0.25) is 10.1 Å². The number of nitrogens with zero attached hydrogens (tertiary/aromatic N) is 1. The summed E-state index contributed by atoms with van der Waals surface area (Å²) in [6.45, 7) is 10.4. The van der Waals surface area contributed by atoms with Crippen LogP contribution >= 0.6 is 11.6 Å². The smallest absolute Gasteiger partial charge is 0.228 e. The van der Waals surface area contributed by atoms with Crippen LogP contribution in [0.25, 0.3) is 0 Å². The van der Waals surface area contributed by atoms with E-state index in [4.69, 9.17) is 11.6 Å². The summed E-state index contributed by atoms with van der Waals surface area (Å²) in [4.78, 5) is 15.3. The molecule has 0 aromatic carbocycles. The molecular formula is C17H23ClN2O. The van der Waals surface area contributed by atoms with Gasteiger partial charge in [0, 0.05) is 23.8 Å². The zero-order valence-corrected chi connectivity index (χ0v) is 13.5. The molecule has 1 saturated heterocycles. The first-order chi connectivity index (χ1) is 10.1. The van der Waals surface area contributed by atoms with E-state index < -0.39 is 0 Å². The quantitative estimate of drug-likeness (QED) is 0.637. The monoisotopic (exact) mass is 306 g/mol. The minimum absolute atomic E-state index is 0.0480. The molecule has 8 atom stereocenters. The normalized spacial score (nSPS) is 58.3. The molecule has 0 radical (unpaired) electrons. The average molecular weight is 307 g/mol. The predicted molar refractivity (Wildman–Crippen MR) is 81.6 cm³/mol. The van der Waals surface area contributed by atoms with E-state index in [-0.39, 0.29) is 17.0 Å². The molecule has 1 N–H and O–H groups in total. The lowest BCUT2D eigenvalue weighted by molar-refractivity contribution is -0.141. The predicted octanol–water partition coefficient (Wildman–Crippen LogP) is 2.08. The van der Waals surface area contributed by atoms with Crippen molar-refractivity contribution in [3.05, 3.63) is 12.2 Å². The zero-order chi connectivity index (χ0) is 14.7. The molecule has 5 aliphatic rings. The van der Waals surface area contributed by atoms with Crippen LogP contribution in [0.1, 0.15) is 20.3 Å². The van der Waals surface area contributed by atoms with Gasteiger partial charge in [-0.15, -0.1) is 11.6 Å². The van der Waals surface area contributed by atoms with Crippen LogP contribution in [0.2, 0.25) is 0 Å². The molecule has 21 heavy (non-hydrogen) atoms. The maximum Gasteiger partial charge on any atom is 0.228 e. The Bertz CT molecular complexity index is 577. The van der Waals surface area contributed by atoms with Gasteiger partial charge >= 0.3 is 0 Å². The highest BCUT2D eigenvalue weighted by molar-refractivity contribution is 6.19. The molecule has 4 saturated carbocycles. The lowest BCUT2D eigenvalue weighted by Gasteiger charge is -2.54. The van der Waals surface area contributed by atoms with Crippen LogP contribution in [0, 0.1) is 40.9 Å². The Hall–Kier alpha value is -0.540. The summed E-state index contributed by atoms with van der Waals surface area (Å²) in [7, 11) is 0. The molecule has 8 unspecified atom stereocenters. The number of halogens is 1. The number of alkyl halides is 1. The van der Waals surface area contributed by atoms with Crippen molar-refractivity contribution in [2.45, 2.75) is 25.9 Å². The van der Waals surface area contributed by atoms with E-state index in [2.05, 4.69) is 30.6 Å². The van der Waals surface area contributed by atoms with Crippen molar-refractivity contribution in [1.82, 2.24) is 10.2 Å². The number of hydrogen-bond donors (Lipinski definition) is 1. The number of likely N-dealkylation sites (tertiary alicyclic amines) is 1. The molecule has 4 heteroatoms. The zero-order valence-electron chi connectivity index (χ0n) is 12.7. The highest BCUT2D eigenvalue weighted by Crippen LogP contribution is 2.86. The Morgan fingerprint density at radius 1 is 1.43 bits per heavy atom. The highest BCUT2D eigenvalue weighted by atomic mass is 35.5. The molecule has 0 aromatic rings. The lowest BCUT2D eigenvalue weighted by Crippen LogP contribution is -2.68. The standard InChI is InChI=1S/C17H23ClN2O/c1-4-19-17-13-8(3)11-9-6-10(12(11)13)16(17,7-18)14(9)15(21)20(17)5-2/h9-14,19H,3-7H2,1-2H3. The number of nitrogens with one attached hydrogen (secondary N) is 1. The first kappa shape index (κ1) is 13.0. The number of hydrogen-bond acceptors (Lipinski definition) is 2. The minimum atomic E-state index is -0.242. The second-order valence-electron chi connectivity index (χ2n) is 7.69. The van der Waals surface area contributed by atoms with Crippen LogP contribution in [0.3, 0.4) is 0 Å². The van der Waals surface area contributed by atoms with E-state index in [0.29, 0.717) is 35.5 Å². The summed E-state index contributed by atoms with van der Waals surface area (Å²) in [6, 6.07) is 0. The summed E-state index contributed by atoms with van der Waals surface area (Å²) in [6.07, 6.45) is 1.21. The molecule has 5 rings (SSSR count). The lowest BCUT2D eigenvalue weighted by atomic mass is 9.56. The average Bonchev–Trinajstić information content (AvgIpc) is 3.03. The van der Waals surface area contributed by atoms with Crippen molar-refractivity contribution in [2.24, 2.45) is 40.9 Å². The highest BCUT2D eigenvalue weighted by Gasteiger charge is 2.90. The van der Waals surface area contributed by atoms with E-state index in [1.165, 1.54) is 12.0 Å². The molecule has 5 fully saturated rings. The molecule has 4 aliphatic carbocycles. The number of fused-ring (bicyclic) bond motifs is 4. The number of carbonyl (C=O) groups is 1. The van der Waals surface area contributed by atoms with Crippen molar-refractivity contribution in [3.8, 4) is 0 Å². The summed E-state index contributed by atoms with van der Waals surface area (Å²) >= 11 is 6.61. The minimum Gasteiger partial charge on any atom is -0.323 e. The van der Waals surface area contributed by atoms with Gasteiger partial charge in [0.05, 0.1) is 5.92 Å². The maximum absolute atomic E-state index is 13.2. The van der Waals surface area contributed by atoms with Gasteiger partial charge < -0.3 is 4.90 Å². The SMILES string of the molecule is C=C1C2C3CC4C2C1C1(NCC)N(CC)C(=O)C3C41CCl. The molecule has 2 bridgehead atoms. The number of rotatable bonds is 4. The second kappa shape index (κ2) is 3.51. The van der Waals surface area contributed by atoms with Crippen molar-refractivity contribution in [3.63, 3.8) is 0 Å². The second-order valence-corrected chi connectivity index (χ2v) is 7.96. The van der Waals surface area contributed by atoms with Crippen molar-refractivity contribution in [1.29, 1.82) is 0 Å². The number of carbonyl (C=O) groups excluding carboxylic acids is 1. The van der Waals surface area contributed by atoms with Gasteiger partial charge in [0.25, 0.3) is 0 Å². The van der Waals surface area contributed by atoms with Gasteiger partial charge in [0.1, 0.15) is 5.66 Å². The summed E-state index contributed by atoms with van der Waals surface area (Å²) < 4.78 is 0. The first-order valence-electron chi connectivity index (χ1n) is 8.42. The van der Waals surface area contributed by atoms with Gasteiger partial charge in [0.15, 0.2) is 0 Å². The molecule has 3 nitrogen and oxygen atoms in total. The molecule has 1 amide bonds. The molecule has 0 spiro atoms. The molecular weight excluding hydrogens is 284 g/mol. The Kier molecular flexibility index (Phi) is 2.17.